The van der Waals surface area contributed by atoms with Gasteiger partial charge in [0.1, 0.15) is 23.9 Å². The lowest BCUT2D eigenvalue weighted by molar-refractivity contribution is -0.171. The monoisotopic (exact) mass is 658 g/mol. The summed E-state index contributed by atoms with van der Waals surface area (Å²) >= 11 is 0. The van der Waals surface area contributed by atoms with E-state index in [-0.39, 0.29) is 6.61 Å². The van der Waals surface area contributed by atoms with Crippen molar-refractivity contribution in [3.8, 4) is 0 Å². The van der Waals surface area contributed by atoms with Crippen LogP contribution in [0.1, 0.15) is 126 Å². The van der Waals surface area contributed by atoms with Crippen LogP contribution in [0.2, 0.25) is 0 Å². The molecule has 0 saturated carbocycles. The molecule has 0 amide bonds. The van der Waals surface area contributed by atoms with Gasteiger partial charge >= 0.3 is 0 Å². The van der Waals surface area contributed by atoms with Crippen molar-refractivity contribution in [2.24, 2.45) is 0 Å². The van der Waals surface area contributed by atoms with Gasteiger partial charge < -0.3 is 24.1 Å². The van der Waals surface area contributed by atoms with Gasteiger partial charge in [-0.1, -0.05) is 194 Å². The first-order chi connectivity index (χ1) is 23.7. The average molecular weight is 659 g/mol. The Morgan fingerprint density at radius 2 is 0.979 bits per heavy atom. The number of hydrogen-bond acceptors (Lipinski definition) is 5. The molecule has 0 aromatic heterocycles. The highest BCUT2D eigenvalue weighted by Crippen LogP contribution is 2.41. The van der Waals surface area contributed by atoms with E-state index in [2.05, 4.69) is 43.3 Å². The Morgan fingerprint density at radius 3 is 1.38 bits per heavy atom. The lowest BCUT2D eigenvalue weighted by atomic mass is 9.80. The van der Waals surface area contributed by atoms with E-state index < -0.39 is 30.2 Å². The molecule has 3 aromatic carbocycles. The van der Waals surface area contributed by atoms with Gasteiger partial charge in [0.05, 0.1) is 6.61 Å². The first-order valence-corrected chi connectivity index (χ1v) is 19.0. The van der Waals surface area contributed by atoms with Crippen LogP contribution in [0.4, 0.5) is 0 Å². The fourth-order valence-electron chi connectivity index (χ4n) is 7.05. The Bertz CT molecular complexity index is 1110. The number of aliphatic hydroxyl groups excluding tert-OH is 1. The number of unbranched alkanes of at least 4 members (excludes halogenated alkanes) is 15. The Balaban J connectivity index is 1.19. The van der Waals surface area contributed by atoms with Gasteiger partial charge in [-0.3, -0.25) is 0 Å². The standard InChI is InChI=1S/C43H62O5/c1-3-4-5-6-7-8-9-10-11-12-13-14-15-16-17-27-34-46-41-40(44)39(48-42(41)45-2)35-47-43(36-28-21-18-22-29-36,37-30-23-19-24-31-37)38-32-25-20-26-33-38/h18-26,28-33,39-42,44H,3-17,27,34-35H2,1-2H3/t39-,40+,41-,42-/m1/s1. The molecule has 1 aliphatic heterocycles. The Kier molecular flexibility index (Phi) is 17.7. The van der Waals surface area contributed by atoms with Crippen LogP contribution < -0.4 is 0 Å². The topological polar surface area (TPSA) is 57.2 Å². The second-order valence-corrected chi connectivity index (χ2v) is 13.5. The van der Waals surface area contributed by atoms with Crippen molar-refractivity contribution < 1.29 is 24.1 Å². The average Bonchev–Trinajstić information content (AvgIpc) is 3.44. The molecule has 0 radical (unpaired) electrons. The number of benzene rings is 3. The van der Waals surface area contributed by atoms with Gasteiger partial charge in [-0.2, -0.15) is 0 Å². The van der Waals surface area contributed by atoms with Crippen LogP contribution in [-0.2, 0) is 24.5 Å². The third-order valence-corrected chi connectivity index (χ3v) is 9.84. The van der Waals surface area contributed by atoms with E-state index >= 15 is 0 Å². The molecular weight excluding hydrogens is 596 g/mol. The van der Waals surface area contributed by atoms with Crippen LogP contribution in [0.25, 0.3) is 0 Å². The van der Waals surface area contributed by atoms with Crippen molar-refractivity contribution in [3.63, 3.8) is 0 Å². The molecular formula is C43H62O5. The summed E-state index contributed by atoms with van der Waals surface area (Å²) in [6, 6.07) is 30.8. The fourth-order valence-corrected chi connectivity index (χ4v) is 7.05. The number of aliphatic hydroxyl groups is 1. The number of ether oxygens (including phenoxy) is 4. The molecule has 0 unspecified atom stereocenters. The minimum atomic E-state index is -0.887. The quantitative estimate of drug-likeness (QED) is 0.0725. The Morgan fingerprint density at radius 1 is 0.583 bits per heavy atom. The minimum Gasteiger partial charge on any atom is -0.387 e. The molecule has 1 saturated heterocycles. The molecule has 0 aliphatic carbocycles. The highest BCUT2D eigenvalue weighted by molar-refractivity contribution is 5.47. The molecule has 4 rings (SSSR count). The van der Waals surface area contributed by atoms with Crippen molar-refractivity contribution in [1.29, 1.82) is 0 Å². The van der Waals surface area contributed by atoms with Crippen molar-refractivity contribution in [3.05, 3.63) is 108 Å². The number of methoxy groups -OCH3 is 1. The fraction of sp³-hybridized carbons (Fsp3) is 0.581. The zero-order valence-electron chi connectivity index (χ0n) is 29.8. The molecule has 1 heterocycles. The van der Waals surface area contributed by atoms with E-state index in [1.165, 1.54) is 89.9 Å². The van der Waals surface area contributed by atoms with Gasteiger partial charge in [0.25, 0.3) is 0 Å². The summed E-state index contributed by atoms with van der Waals surface area (Å²) in [5.41, 5.74) is 2.14. The van der Waals surface area contributed by atoms with Crippen molar-refractivity contribution in [1.82, 2.24) is 0 Å². The van der Waals surface area contributed by atoms with E-state index in [0.29, 0.717) is 6.61 Å². The summed E-state index contributed by atoms with van der Waals surface area (Å²) in [7, 11) is 1.60. The minimum absolute atomic E-state index is 0.165. The molecule has 1 aliphatic rings. The van der Waals surface area contributed by atoms with Gasteiger partial charge in [-0.05, 0) is 23.1 Å². The van der Waals surface area contributed by atoms with Crippen LogP contribution in [0.15, 0.2) is 91.0 Å². The Hall–Kier alpha value is -2.54. The highest BCUT2D eigenvalue weighted by atomic mass is 16.7. The zero-order valence-corrected chi connectivity index (χ0v) is 29.8. The molecule has 48 heavy (non-hydrogen) atoms. The van der Waals surface area contributed by atoms with Crippen molar-refractivity contribution in [2.45, 2.75) is 140 Å². The molecule has 1 N–H and O–H groups in total. The summed E-state index contributed by atoms with van der Waals surface area (Å²) in [4.78, 5) is 0. The van der Waals surface area contributed by atoms with E-state index in [0.717, 1.165) is 29.5 Å². The van der Waals surface area contributed by atoms with Crippen LogP contribution in [0, 0.1) is 0 Å². The maximum absolute atomic E-state index is 11.4. The smallest absolute Gasteiger partial charge is 0.186 e. The van der Waals surface area contributed by atoms with Gasteiger partial charge in [-0.15, -0.1) is 0 Å². The summed E-state index contributed by atoms with van der Waals surface area (Å²) in [6.45, 7) is 3.03. The lowest BCUT2D eigenvalue weighted by Crippen LogP contribution is -2.40. The van der Waals surface area contributed by atoms with E-state index in [1.54, 1.807) is 7.11 Å². The largest absolute Gasteiger partial charge is 0.387 e. The summed E-state index contributed by atoms with van der Waals surface area (Å²) < 4.78 is 25.0. The first kappa shape index (κ1) is 38.3. The predicted octanol–water partition coefficient (Wildman–Crippen LogP) is 10.4. The Labute approximate surface area is 291 Å². The highest BCUT2D eigenvalue weighted by Gasteiger charge is 2.47. The van der Waals surface area contributed by atoms with Crippen LogP contribution in [0.5, 0.6) is 0 Å². The number of rotatable bonds is 25. The van der Waals surface area contributed by atoms with Crippen LogP contribution >= 0.6 is 0 Å². The van der Waals surface area contributed by atoms with Gasteiger partial charge in [0.15, 0.2) is 6.29 Å². The van der Waals surface area contributed by atoms with Gasteiger partial charge in [-0.25, -0.2) is 0 Å². The first-order valence-electron chi connectivity index (χ1n) is 19.0. The SMILES string of the molecule is CCCCCCCCCCCCCCCCCCO[C@H]1[C@H](OC)O[C@H](COC(c2ccccc2)(c2ccccc2)c2ccccc2)[C@@H]1O. The summed E-state index contributed by atoms with van der Waals surface area (Å²) in [6.07, 6.45) is 18.7. The van der Waals surface area contributed by atoms with E-state index in [4.69, 9.17) is 18.9 Å². The molecule has 3 aromatic rings. The third-order valence-electron chi connectivity index (χ3n) is 9.84. The maximum atomic E-state index is 11.4. The van der Waals surface area contributed by atoms with Crippen LogP contribution in [-0.4, -0.2) is 50.0 Å². The van der Waals surface area contributed by atoms with Gasteiger partial charge in [0.2, 0.25) is 0 Å². The van der Waals surface area contributed by atoms with E-state index in [9.17, 15) is 5.11 Å². The molecule has 5 heteroatoms. The molecule has 1 fully saturated rings. The van der Waals surface area contributed by atoms with E-state index in [1.807, 2.05) is 54.6 Å². The lowest BCUT2D eigenvalue weighted by Gasteiger charge is -2.37. The van der Waals surface area contributed by atoms with Crippen molar-refractivity contribution in [2.75, 3.05) is 20.3 Å². The van der Waals surface area contributed by atoms with Crippen LogP contribution in [0.3, 0.4) is 0 Å². The molecule has 264 valence electrons. The molecule has 5 nitrogen and oxygen atoms in total. The van der Waals surface area contributed by atoms with Gasteiger partial charge in [0, 0.05) is 13.7 Å². The zero-order chi connectivity index (χ0) is 33.7. The second kappa shape index (κ2) is 22.2. The normalized spacial score (nSPS) is 19.6. The predicted molar refractivity (Wildman–Crippen MR) is 196 cm³/mol. The third kappa shape index (κ3) is 11.5. The summed E-state index contributed by atoms with van der Waals surface area (Å²) in [5, 5.41) is 11.4. The van der Waals surface area contributed by atoms with Crippen molar-refractivity contribution >= 4 is 0 Å². The second-order valence-electron chi connectivity index (χ2n) is 13.5. The number of hydrogen-bond donors (Lipinski definition) is 1. The molecule has 0 bridgehead atoms. The molecule has 0 spiro atoms. The molecule has 4 atom stereocenters. The summed E-state index contributed by atoms with van der Waals surface area (Å²) in [5.74, 6) is 0. The maximum Gasteiger partial charge on any atom is 0.186 e.